The van der Waals surface area contributed by atoms with E-state index >= 15 is 0 Å². The van der Waals surface area contributed by atoms with Gasteiger partial charge in [0, 0.05) is 6.07 Å². The van der Waals surface area contributed by atoms with Crippen LogP contribution in [-0.4, -0.2) is 34.9 Å². The van der Waals surface area contributed by atoms with Gasteiger partial charge in [-0.2, -0.15) is 4.98 Å². The van der Waals surface area contributed by atoms with E-state index < -0.39 is 0 Å². The number of fused-ring (bicyclic) bond motifs is 1. The molecule has 2 aromatic heterocycles. The third-order valence-corrected chi connectivity index (χ3v) is 2.93. The molecule has 2 heterocycles. The lowest BCUT2D eigenvalue weighted by Gasteiger charge is -2.06. The Labute approximate surface area is 116 Å². The molecule has 5 nitrogen and oxygen atoms in total. The van der Waals surface area contributed by atoms with E-state index in [1.807, 2.05) is 17.6 Å². The molecule has 19 heavy (non-hydrogen) atoms. The lowest BCUT2D eigenvalue weighted by Crippen LogP contribution is -2.08. The maximum absolute atomic E-state index is 5.49. The Balaban J connectivity index is 2.19. The SMILES string of the molecule is C=C(C)COCCn1c(=S)[nH]c2ccc(OC)nc21. The zero-order valence-electron chi connectivity index (χ0n) is 11.1. The number of aromatic nitrogens is 3. The van der Waals surface area contributed by atoms with Crippen LogP contribution in [0.2, 0.25) is 0 Å². The van der Waals surface area contributed by atoms with Crippen molar-refractivity contribution in [3.8, 4) is 5.88 Å². The summed E-state index contributed by atoms with van der Waals surface area (Å²) in [5, 5.41) is 0. The van der Waals surface area contributed by atoms with Gasteiger partial charge in [-0.25, -0.2) is 0 Å². The highest BCUT2D eigenvalue weighted by Crippen LogP contribution is 2.16. The third kappa shape index (κ3) is 3.21. The number of hydrogen-bond acceptors (Lipinski definition) is 4. The van der Waals surface area contributed by atoms with Gasteiger partial charge in [0.2, 0.25) is 5.88 Å². The van der Waals surface area contributed by atoms with E-state index in [-0.39, 0.29) is 0 Å². The second-order valence-electron chi connectivity index (χ2n) is 4.32. The van der Waals surface area contributed by atoms with Crippen molar-refractivity contribution in [1.29, 1.82) is 0 Å². The molecule has 2 aromatic rings. The van der Waals surface area contributed by atoms with Gasteiger partial charge >= 0.3 is 0 Å². The topological polar surface area (TPSA) is 52.1 Å². The minimum absolute atomic E-state index is 0.562. The van der Waals surface area contributed by atoms with Crippen molar-refractivity contribution in [3.05, 3.63) is 29.1 Å². The molecule has 0 unspecified atom stereocenters. The van der Waals surface area contributed by atoms with Crippen molar-refractivity contribution >= 4 is 23.4 Å². The summed E-state index contributed by atoms with van der Waals surface area (Å²) in [6.07, 6.45) is 0. The van der Waals surface area contributed by atoms with Crippen molar-refractivity contribution in [3.63, 3.8) is 0 Å². The summed E-state index contributed by atoms with van der Waals surface area (Å²) in [5.74, 6) is 0.568. The van der Waals surface area contributed by atoms with Crippen molar-refractivity contribution in [1.82, 2.24) is 14.5 Å². The highest BCUT2D eigenvalue weighted by atomic mass is 32.1. The second kappa shape index (κ2) is 5.99. The van der Waals surface area contributed by atoms with E-state index in [1.165, 1.54) is 0 Å². The number of nitrogens with zero attached hydrogens (tertiary/aromatic N) is 2. The van der Waals surface area contributed by atoms with Gasteiger partial charge in [-0.3, -0.25) is 4.57 Å². The van der Waals surface area contributed by atoms with Crippen LogP contribution in [0.5, 0.6) is 5.88 Å². The van der Waals surface area contributed by atoms with Crippen molar-refractivity contribution in [2.24, 2.45) is 0 Å². The summed E-state index contributed by atoms with van der Waals surface area (Å²) in [5.41, 5.74) is 2.68. The summed E-state index contributed by atoms with van der Waals surface area (Å²) in [6.45, 7) is 7.50. The largest absolute Gasteiger partial charge is 0.481 e. The maximum Gasteiger partial charge on any atom is 0.215 e. The van der Waals surface area contributed by atoms with E-state index in [9.17, 15) is 0 Å². The summed E-state index contributed by atoms with van der Waals surface area (Å²) in [4.78, 5) is 7.51. The van der Waals surface area contributed by atoms with Crippen LogP contribution in [-0.2, 0) is 11.3 Å². The average molecular weight is 279 g/mol. The summed E-state index contributed by atoms with van der Waals surface area (Å²) < 4.78 is 13.2. The number of H-pyrrole nitrogens is 1. The second-order valence-corrected chi connectivity index (χ2v) is 4.70. The minimum atomic E-state index is 0.562. The Bertz CT molecular complexity index is 645. The van der Waals surface area contributed by atoms with Crippen LogP contribution < -0.4 is 4.74 Å². The Morgan fingerprint density at radius 1 is 1.53 bits per heavy atom. The molecule has 0 aromatic carbocycles. The van der Waals surface area contributed by atoms with Gasteiger partial charge in [0.25, 0.3) is 0 Å². The zero-order valence-corrected chi connectivity index (χ0v) is 11.9. The van der Waals surface area contributed by atoms with Crippen molar-refractivity contribution in [2.45, 2.75) is 13.5 Å². The van der Waals surface area contributed by atoms with Gasteiger partial charge in [0.1, 0.15) is 0 Å². The molecule has 0 fully saturated rings. The van der Waals surface area contributed by atoms with Gasteiger partial charge in [-0.15, -0.1) is 0 Å². The van der Waals surface area contributed by atoms with Crippen LogP contribution >= 0.6 is 12.2 Å². The number of nitrogens with one attached hydrogen (secondary N) is 1. The zero-order chi connectivity index (χ0) is 13.8. The number of rotatable bonds is 6. The molecule has 0 saturated carbocycles. The molecule has 0 radical (unpaired) electrons. The molecule has 1 N–H and O–H groups in total. The van der Waals surface area contributed by atoms with Gasteiger partial charge in [0.15, 0.2) is 10.4 Å². The monoisotopic (exact) mass is 279 g/mol. The number of hydrogen-bond donors (Lipinski definition) is 1. The van der Waals surface area contributed by atoms with Crippen LogP contribution in [0.15, 0.2) is 24.3 Å². The van der Waals surface area contributed by atoms with Crippen molar-refractivity contribution < 1.29 is 9.47 Å². The van der Waals surface area contributed by atoms with Gasteiger partial charge < -0.3 is 14.5 Å². The number of imidazole rings is 1. The third-order valence-electron chi connectivity index (χ3n) is 2.61. The van der Waals surface area contributed by atoms with E-state index in [0.29, 0.717) is 30.4 Å². The van der Waals surface area contributed by atoms with Crippen molar-refractivity contribution in [2.75, 3.05) is 20.3 Å². The highest BCUT2D eigenvalue weighted by Gasteiger charge is 2.07. The van der Waals surface area contributed by atoms with Gasteiger partial charge in [0.05, 0.1) is 32.4 Å². The molecule has 2 rings (SSSR count). The fourth-order valence-electron chi connectivity index (χ4n) is 1.74. The van der Waals surface area contributed by atoms with E-state index in [2.05, 4.69) is 16.5 Å². The molecule has 102 valence electrons. The first kappa shape index (κ1) is 13.8. The molecule has 0 saturated heterocycles. The molecule has 0 bridgehead atoms. The van der Waals surface area contributed by atoms with Gasteiger partial charge in [-0.1, -0.05) is 12.2 Å². The Hall–Kier alpha value is -1.66. The first-order valence-electron chi connectivity index (χ1n) is 5.97. The summed E-state index contributed by atoms with van der Waals surface area (Å²) in [7, 11) is 1.59. The molecule has 0 spiro atoms. The maximum atomic E-state index is 5.49. The summed E-state index contributed by atoms with van der Waals surface area (Å²) in [6, 6.07) is 3.71. The predicted octanol–water partition coefficient (Wildman–Crippen LogP) is 2.70. The first-order chi connectivity index (χ1) is 9.11. The fourth-order valence-corrected chi connectivity index (χ4v) is 2.02. The van der Waals surface area contributed by atoms with Crippen LogP contribution in [0.4, 0.5) is 0 Å². The van der Waals surface area contributed by atoms with E-state index in [1.54, 1.807) is 13.2 Å². The number of pyridine rings is 1. The quantitative estimate of drug-likeness (QED) is 0.502. The van der Waals surface area contributed by atoms with Crippen LogP contribution in [0.25, 0.3) is 11.2 Å². The normalized spacial score (nSPS) is 10.8. The molecular weight excluding hydrogens is 262 g/mol. The molecule has 0 amide bonds. The molecule has 0 atom stereocenters. The summed E-state index contributed by atoms with van der Waals surface area (Å²) >= 11 is 5.29. The molecule has 0 aliphatic heterocycles. The number of ether oxygens (including phenoxy) is 2. The Kier molecular flexibility index (Phi) is 4.34. The lowest BCUT2D eigenvalue weighted by atomic mass is 10.4. The Morgan fingerprint density at radius 2 is 2.32 bits per heavy atom. The van der Waals surface area contributed by atoms with Crippen LogP contribution in [0.3, 0.4) is 0 Å². The fraction of sp³-hybridized carbons (Fsp3) is 0.385. The number of aromatic amines is 1. The molecule has 0 aliphatic carbocycles. The highest BCUT2D eigenvalue weighted by molar-refractivity contribution is 7.71. The average Bonchev–Trinajstić information content (AvgIpc) is 2.69. The lowest BCUT2D eigenvalue weighted by molar-refractivity contribution is 0.148. The smallest absolute Gasteiger partial charge is 0.215 e. The van der Waals surface area contributed by atoms with E-state index in [0.717, 1.165) is 16.7 Å². The molecular formula is C13H17N3O2S. The van der Waals surface area contributed by atoms with Gasteiger partial charge in [-0.05, 0) is 25.2 Å². The predicted molar refractivity (Wildman–Crippen MR) is 77.1 cm³/mol. The van der Waals surface area contributed by atoms with E-state index in [4.69, 9.17) is 21.7 Å². The first-order valence-corrected chi connectivity index (χ1v) is 6.38. The number of methoxy groups -OCH3 is 1. The van der Waals surface area contributed by atoms with Crippen LogP contribution in [0, 0.1) is 4.77 Å². The molecule has 0 aliphatic rings. The minimum Gasteiger partial charge on any atom is -0.481 e. The standard InChI is InChI=1S/C13H17N3O2S/c1-9(2)8-18-7-6-16-12-10(14-13(16)19)4-5-11(15-12)17-3/h4-5H,1,6-8H2,2-3H3,(H,14,19). The molecule has 6 heteroatoms. The Morgan fingerprint density at radius 3 is 3.00 bits per heavy atom. The van der Waals surface area contributed by atoms with Crippen LogP contribution in [0.1, 0.15) is 6.92 Å².